The zero-order chi connectivity index (χ0) is 24.2. The van der Waals surface area contributed by atoms with Crippen LogP contribution in [0.25, 0.3) is 12.2 Å². The number of carbonyl (C=O) groups excluding carboxylic acids is 1. The van der Waals surface area contributed by atoms with Crippen LogP contribution in [0.2, 0.25) is 0 Å². The van der Waals surface area contributed by atoms with Crippen molar-refractivity contribution < 1.29 is 28.5 Å². The molecule has 1 aliphatic heterocycles. The first-order valence-electron chi connectivity index (χ1n) is 11.4. The Bertz CT molecular complexity index is 995. The van der Waals surface area contributed by atoms with Gasteiger partial charge in [-0.25, -0.2) is 0 Å². The van der Waals surface area contributed by atoms with Crippen LogP contribution in [0.3, 0.4) is 0 Å². The molecule has 0 spiro atoms. The molecule has 1 aliphatic rings. The van der Waals surface area contributed by atoms with E-state index in [0.29, 0.717) is 29.6 Å². The lowest BCUT2D eigenvalue weighted by Gasteiger charge is -2.26. The van der Waals surface area contributed by atoms with Gasteiger partial charge < -0.3 is 23.7 Å². The number of ether oxygens (including phenoxy) is 5. The van der Waals surface area contributed by atoms with Crippen molar-refractivity contribution in [1.29, 1.82) is 0 Å². The molecule has 0 atom stereocenters. The molecule has 1 fully saturated rings. The maximum atomic E-state index is 12.4. The van der Waals surface area contributed by atoms with Crippen LogP contribution in [0.5, 0.6) is 23.0 Å². The van der Waals surface area contributed by atoms with Gasteiger partial charge in [0.25, 0.3) is 0 Å². The van der Waals surface area contributed by atoms with E-state index in [1.54, 1.807) is 33.5 Å². The Balaban J connectivity index is 1.55. The van der Waals surface area contributed by atoms with Gasteiger partial charge in [0.1, 0.15) is 0 Å². The summed E-state index contributed by atoms with van der Waals surface area (Å²) >= 11 is 0. The number of hydrogen-bond acceptors (Lipinski definition) is 7. The molecule has 0 saturated carbocycles. The van der Waals surface area contributed by atoms with Crippen molar-refractivity contribution in [3.8, 4) is 23.0 Å². The van der Waals surface area contributed by atoms with Gasteiger partial charge in [-0.2, -0.15) is 0 Å². The van der Waals surface area contributed by atoms with Crippen LogP contribution >= 0.6 is 0 Å². The van der Waals surface area contributed by atoms with Crippen molar-refractivity contribution in [3.63, 3.8) is 0 Å². The van der Waals surface area contributed by atoms with Crippen LogP contribution in [0.15, 0.2) is 48.6 Å². The zero-order valence-electron chi connectivity index (χ0n) is 20.1. The fourth-order valence-electron chi connectivity index (χ4n) is 3.65. The summed E-state index contributed by atoms with van der Waals surface area (Å²) in [5, 5.41) is 0. The molecule has 0 bridgehead atoms. The summed E-state index contributed by atoms with van der Waals surface area (Å²) in [6.45, 7) is 5.16. The van der Waals surface area contributed by atoms with E-state index in [2.05, 4.69) is 4.90 Å². The highest BCUT2D eigenvalue weighted by Gasteiger charge is 2.10. The van der Waals surface area contributed by atoms with Gasteiger partial charge in [0.15, 0.2) is 28.8 Å². The van der Waals surface area contributed by atoms with Gasteiger partial charge in [0.2, 0.25) is 0 Å². The van der Waals surface area contributed by atoms with E-state index < -0.39 is 0 Å². The molecule has 0 N–H and O–H groups in total. The van der Waals surface area contributed by atoms with Gasteiger partial charge >= 0.3 is 0 Å². The topological polar surface area (TPSA) is 66.5 Å². The lowest BCUT2D eigenvalue weighted by Crippen LogP contribution is -2.37. The molecule has 1 saturated heterocycles. The Morgan fingerprint density at radius 2 is 1.71 bits per heavy atom. The number of allylic oxidation sites excluding steroid dienone is 2. The lowest BCUT2D eigenvalue weighted by atomic mass is 10.1. The van der Waals surface area contributed by atoms with Crippen LogP contribution in [-0.2, 0) is 9.53 Å². The maximum absolute atomic E-state index is 12.4. The molecule has 2 aromatic rings. The largest absolute Gasteiger partial charge is 0.493 e. The number of carbonyl (C=O) groups is 1. The molecule has 182 valence electrons. The number of hydrogen-bond donors (Lipinski definition) is 0. The summed E-state index contributed by atoms with van der Waals surface area (Å²) in [6.07, 6.45) is 7.41. The van der Waals surface area contributed by atoms with Crippen LogP contribution in [0.1, 0.15) is 17.5 Å². The molecule has 7 nitrogen and oxygen atoms in total. The summed E-state index contributed by atoms with van der Waals surface area (Å²) in [5.74, 6) is 2.38. The molecule has 1 heterocycles. The minimum absolute atomic E-state index is 0.146. The van der Waals surface area contributed by atoms with Crippen molar-refractivity contribution >= 4 is 17.9 Å². The summed E-state index contributed by atoms with van der Waals surface area (Å²) < 4.78 is 27.5. The Morgan fingerprint density at radius 1 is 0.941 bits per heavy atom. The highest BCUT2D eigenvalue weighted by Crippen LogP contribution is 2.31. The number of ketones is 1. The molecule has 34 heavy (non-hydrogen) atoms. The quantitative estimate of drug-likeness (QED) is 0.344. The van der Waals surface area contributed by atoms with Crippen molar-refractivity contribution in [2.45, 2.75) is 6.42 Å². The second kappa shape index (κ2) is 13.4. The van der Waals surface area contributed by atoms with E-state index in [1.165, 1.54) is 12.2 Å². The van der Waals surface area contributed by atoms with Gasteiger partial charge in [-0.15, -0.1) is 0 Å². The molecule has 0 aromatic heterocycles. The number of morpholine rings is 1. The normalized spacial score (nSPS) is 14.4. The minimum atomic E-state index is -0.146. The highest BCUT2D eigenvalue weighted by molar-refractivity contribution is 6.04. The zero-order valence-corrected chi connectivity index (χ0v) is 20.1. The van der Waals surface area contributed by atoms with E-state index in [-0.39, 0.29) is 5.78 Å². The summed E-state index contributed by atoms with van der Waals surface area (Å²) in [5.41, 5.74) is 1.61. The van der Waals surface area contributed by atoms with Crippen LogP contribution in [0, 0.1) is 0 Å². The molecule has 2 aromatic carbocycles. The van der Waals surface area contributed by atoms with Crippen LogP contribution in [-0.4, -0.2) is 71.5 Å². The fraction of sp³-hybridized carbons (Fsp3) is 0.370. The number of benzene rings is 2. The molecular formula is C27H33NO6. The van der Waals surface area contributed by atoms with E-state index in [1.807, 2.05) is 36.4 Å². The number of para-hydroxylation sites is 1. The second-order valence-electron chi connectivity index (χ2n) is 7.72. The summed E-state index contributed by atoms with van der Waals surface area (Å²) in [7, 11) is 4.76. The smallest absolute Gasteiger partial charge is 0.178 e. The molecule has 0 radical (unpaired) electrons. The summed E-state index contributed by atoms with van der Waals surface area (Å²) in [6, 6.07) is 11.1. The molecular weight excluding hydrogens is 434 g/mol. The highest BCUT2D eigenvalue weighted by atomic mass is 16.5. The van der Waals surface area contributed by atoms with E-state index in [9.17, 15) is 4.79 Å². The SMILES string of the molecule is COc1cc(/C=C/C(=O)/C=C/c2cccc(OC)c2OC)ccc1OCCCN1CCOCC1. The predicted octanol–water partition coefficient (Wildman–Crippen LogP) is 4.11. The van der Waals surface area contributed by atoms with Crippen molar-refractivity contribution in [2.75, 3.05) is 60.8 Å². The number of nitrogens with zero attached hydrogens (tertiary/aromatic N) is 1. The maximum Gasteiger partial charge on any atom is 0.178 e. The number of rotatable bonds is 12. The Kier molecular flexibility index (Phi) is 10.0. The monoisotopic (exact) mass is 467 g/mol. The molecule has 7 heteroatoms. The third kappa shape index (κ3) is 7.37. The van der Waals surface area contributed by atoms with Gasteiger partial charge in [0, 0.05) is 25.2 Å². The number of methoxy groups -OCH3 is 3. The second-order valence-corrected chi connectivity index (χ2v) is 7.72. The molecule has 0 aliphatic carbocycles. The minimum Gasteiger partial charge on any atom is -0.493 e. The average molecular weight is 468 g/mol. The van der Waals surface area contributed by atoms with Gasteiger partial charge in [0.05, 0.1) is 41.2 Å². The third-order valence-corrected chi connectivity index (χ3v) is 5.47. The lowest BCUT2D eigenvalue weighted by molar-refractivity contribution is -0.110. The van der Waals surface area contributed by atoms with E-state index >= 15 is 0 Å². The predicted molar refractivity (Wildman–Crippen MR) is 133 cm³/mol. The van der Waals surface area contributed by atoms with Gasteiger partial charge in [-0.1, -0.05) is 24.3 Å². The van der Waals surface area contributed by atoms with Crippen LogP contribution in [0.4, 0.5) is 0 Å². The van der Waals surface area contributed by atoms with Crippen LogP contribution < -0.4 is 18.9 Å². The van der Waals surface area contributed by atoms with Crippen molar-refractivity contribution in [1.82, 2.24) is 4.90 Å². The molecule has 3 rings (SSSR count). The first-order valence-corrected chi connectivity index (χ1v) is 11.4. The Labute approximate surface area is 201 Å². The van der Waals surface area contributed by atoms with E-state index in [4.69, 9.17) is 23.7 Å². The van der Waals surface area contributed by atoms with E-state index in [0.717, 1.165) is 50.4 Å². The van der Waals surface area contributed by atoms with Crippen molar-refractivity contribution in [3.05, 3.63) is 59.7 Å². The van der Waals surface area contributed by atoms with Gasteiger partial charge in [-0.3, -0.25) is 9.69 Å². The van der Waals surface area contributed by atoms with Gasteiger partial charge in [-0.05, 0) is 48.4 Å². The first-order chi connectivity index (χ1) is 16.6. The summed E-state index contributed by atoms with van der Waals surface area (Å²) in [4.78, 5) is 14.7. The fourth-order valence-corrected chi connectivity index (χ4v) is 3.65. The molecule has 0 unspecified atom stereocenters. The standard InChI is InChI=1S/C27H33NO6/c1-30-25-7-4-6-22(27(25)32-3)10-12-23(29)11-8-21-9-13-24(26(20-21)31-2)34-17-5-14-28-15-18-33-19-16-28/h4,6-13,20H,5,14-19H2,1-3H3/b11-8+,12-10+. The Hall–Kier alpha value is -3.29. The van der Waals surface area contributed by atoms with Crippen molar-refractivity contribution in [2.24, 2.45) is 0 Å². The molecule has 0 amide bonds. The average Bonchev–Trinajstić information content (AvgIpc) is 2.89. The Morgan fingerprint density at radius 3 is 2.44 bits per heavy atom. The third-order valence-electron chi connectivity index (χ3n) is 5.47. The first kappa shape index (κ1) is 25.3.